The molecule has 0 unspecified atom stereocenters. The number of aromatic hydroxyl groups is 1. The van der Waals surface area contributed by atoms with E-state index >= 15 is 0 Å². The summed E-state index contributed by atoms with van der Waals surface area (Å²) in [6.07, 6.45) is 9.08. The molecule has 4 rings (SSSR count). The molecule has 1 N–H and O–H groups in total. The van der Waals surface area contributed by atoms with E-state index in [4.69, 9.17) is 4.74 Å². The second-order valence-corrected chi connectivity index (χ2v) is 9.39. The number of hydrogen-bond donors (Lipinski definition) is 1. The van der Waals surface area contributed by atoms with Crippen molar-refractivity contribution >= 4 is 34.6 Å². The summed E-state index contributed by atoms with van der Waals surface area (Å²) in [6, 6.07) is 9.95. The molecule has 0 atom stereocenters. The average molecular weight is 481 g/mol. The first kappa shape index (κ1) is 24.1. The fraction of sp³-hybridized carbons (Fsp3) is 0.333. The maximum Gasteiger partial charge on any atom is 0.267 e. The number of halogens is 1. The van der Waals surface area contributed by atoms with Crippen LogP contribution in [0, 0.1) is 5.82 Å². The molecular weight excluding hydrogens is 451 g/mol. The summed E-state index contributed by atoms with van der Waals surface area (Å²) in [4.78, 5) is 20.4. The van der Waals surface area contributed by atoms with Gasteiger partial charge in [0.1, 0.15) is 11.5 Å². The molecule has 1 aliphatic heterocycles. The van der Waals surface area contributed by atoms with Gasteiger partial charge in [-0.1, -0.05) is 37.5 Å². The molecule has 0 bridgehead atoms. The van der Waals surface area contributed by atoms with Crippen LogP contribution in [0.3, 0.4) is 0 Å². The lowest BCUT2D eigenvalue weighted by molar-refractivity contribution is -0.124. The molecule has 1 saturated heterocycles. The van der Waals surface area contributed by atoms with E-state index < -0.39 is 5.82 Å². The number of ether oxygens (including phenoxy) is 1. The Morgan fingerprint density at radius 3 is 2.74 bits per heavy atom. The van der Waals surface area contributed by atoms with Gasteiger partial charge < -0.3 is 9.84 Å². The van der Waals surface area contributed by atoms with E-state index in [2.05, 4.69) is 11.6 Å². The lowest BCUT2D eigenvalue weighted by Gasteiger charge is -2.30. The molecule has 2 aliphatic rings. The molecule has 0 spiro atoms. The number of allylic oxidation sites excluding steroid dienone is 1. The fourth-order valence-electron chi connectivity index (χ4n) is 4.37. The van der Waals surface area contributed by atoms with E-state index in [-0.39, 0.29) is 23.4 Å². The molecule has 5 nitrogen and oxygen atoms in total. The third kappa shape index (κ3) is 5.20. The number of nitrogens with zero attached hydrogens (tertiary/aromatic N) is 2. The number of phenols is 1. The maximum atomic E-state index is 14.3. The third-order valence-electron chi connectivity index (χ3n) is 5.98. The highest BCUT2D eigenvalue weighted by atomic mass is 32.2. The van der Waals surface area contributed by atoms with Crippen LogP contribution in [0.2, 0.25) is 0 Å². The number of para-hydroxylation sites is 1. The van der Waals surface area contributed by atoms with Crippen LogP contribution in [-0.4, -0.2) is 33.7 Å². The van der Waals surface area contributed by atoms with Gasteiger partial charge in [-0.3, -0.25) is 9.69 Å². The first-order chi connectivity index (χ1) is 16.5. The van der Waals surface area contributed by atoms with Crippen LogP contribution in [0.25, 0.3) is 6.08 Å². The van der Waals surface area contributed by atoms with Crippen LogP contribution in [0.5, 0.6) is 11.5 Å². The Morgan fingerprint density at radius 2 is 2.03 bits per heavy atom. The molecule has 2 fully saturated rings. The van der Waals surface area contributed by atoms with Gasteiger partial charge in [0, 0.05) is 11.6 Å². The minimum atomic E-state index is -0.418. The van der Waals surface area contributed by atoms with Crippen molar-refractivity contribution in [2.24, 2.45) is 4.99 Å². The molecule has 2 aromatic rings. The zero-order valence-electron chi connectivity index (χ0n) is 19.3. The number of thioether (sulfide) groups is 1. The van der Waals surface area contributed by atoms with Gasteiger partial charge in [0.05, 0.1) is 11.5 Å². The Kier molecular flexibility index (Phi) is 7.73. The van der Waals surface area contributed by atoms with Crippen molar-refractivity contribution in [2.75, 3.05) is 6.61 Å². The summed E-state index contributed by atoms with van der Waals surface area (Å²) in [6.45, 7) is 6.01. The monoisotopic (exact) mass is 480 g/mol. The Balaban J connectivity index is 1.74. The van der Waals surface area contributed by atoms with Gasteiger partial charge in [0.15, 0.2) is 16.7 Å². The van der Waals surface area contributed by atoms with Crippen molar-refractivity contribution in [1.82, 2.24) is 4.90 Å². The maximum absolute atomic E-state index is 14.3. The van der Waals surface area contributed by atoms with E-state index in [9.17, 15) is 14.3 Å². The van der Waals surface area contributed by atoms with Crippen LogP contribution >= 0.6 is 11.8 Å². The van der Waals surface area contributed by atoms with Crippen LogP contribution in [0.15, 0.2) is 59.0 Å². The molecule has 1 aliphatic carbocycles. The van der Waals surface area contributed by atoms with Crippen molar-refractivity contribution in [3.63, 3.8) is 0 Å². The lowest BCUT2D eigenvalue weighted by atomic mass is 9.94. The number of amides is 1. The quantitative estimate of drug-likeness (QED) is 0.358. The zero-order chi connectivity index (χ0) is 24.1. The summed E-state index contributed by atoms with van der Waals surface area (Å²) in [5.74, 6) is -0.0882. The SMILES string of the molecule is C=CCc1cc(/C=C2\SC(=Nc3ccccc3F)N(C3CCCCC3)C2=O)cc(OCC)c1O. The molecular formula is C27H29FN2O3S. The van der Waals surface area contributed by atoms with Gasteiger partial charge in [0.2, 0.25) is 0 Å². The van der Waals surface area contributed by atoms with E-state index in [0.717, 1.165) is 37.7 Å². The van der Waals surface area contributed by atoms with Gasteiger partial charge in [-0.15, -0.1) is 6.58 Å². The second kappa shape index (κ2) is 10.9. The fourth-order valence-corrected chi connectivity index (χ4v) is 5.42. The Hall–Kier alpha value is -3.06. The smallest absolute Gasteiger partial charge is 0.267 e. The minimum Gasteiger partial charge on any atom is -0.504 e. The molecule has 1 heterocycles. The summed E-state index contributed by atoms with van der Waals surface area (Å²) in [5, 5.41) is 11.0. The zero-order valence-corrected chi connectivity index (χ0v) is 20.1. The van der Waals surface area contributed by atoms with Gasteiger partial charge >= 0.3 is 0 Å². The summed E-state index contributed by atoms with van der Waals surface area (Å²) < 4.78 is 19.9. The summed E-state index contributed by atoms with van der Waals surface area (Å²) in [5.41, 5.74) is 1.63. The normalized spacial score (nSPS) is 19.2. The van der Waals surface area contributed by atoms with E-state index in [0.29, 0.717) is 34.4 Å². The van der Waals surface area contributed by atoms with Crippen LogP contribution in [0.1, 0.15) is 50.2 Å². The number of carbonyl (C=O) groups is 1. The standard InChI is InChI=1S/C27H29FN2O3S/c1-3-10-19-15-18(16-23(25(19)31)33-4-2)17-24-26(32)30(20-11-6-5-7-12-20)27(34-24)29-22-14-9-8-13-21(22)28/h3,8-9,13-17,20,31H,1,4-7,10-12H2,2H3/b24-17-,29-27?. The molecule has 7 heteroatoms. The number of hydrogen-bond acceptors (Lipinski definition) is 5. The molecule has 0 aromatic heterocycles. The average Bonchev–Trinajstić information content (AvgIpc) is 3.13. The largest absolute Gasteiger partial charge is 0.504 e. The Labute approximate surface area is 204 Å². The van der Waals surface area contributed by atoms with Gasteiger partial charge in [-0.2, -0.15) is 0 Å². The highest BCUT2D eigenvalue weighted by Crippen LogP contribution is 2.40. The highest BCUT2D eigenvalue weighted by molar-refractivity contribution is 8.18. The van der Waals surface area contributed by atoms with Gasteiger partial charge in [-0.25, -0.2) is 9.38 Å². The molecule has 0 radical (unpaired) electrons. The first-order valence-corrected chi connectivity index (χ1v) is 12.5. The number of aliphatic imine (C=N–C) groups is 1. The number of rotatable bonds is 7. The van der Waals surface area contributed by atoms with Crippen LogP contribution in [0.4, 0.5) is 10.1 Å². The van der Waals surface area contributed by atoms with Crippen molar-refractivity contribution < 1.29 is 19.0 Å². The van der Waals surface area contributed by atoms with Crippen molar-refractivity contribution in [3.8, 4) is 11.5 Å². The summed E-state index contributed by atoms with van der Waals surface area (Å²) in [7, 11) is 0. The predicted octanol–water partition coefficient (Wildman–Crippen LogP) is 6.60. The van der Waals surface area contributed by atoms with Gasteiger partial charge in [-0.05, 0) is 73.9 Å². The van der Waals surface area contributed by atoms with E-state index in [1.807, 2.05) is 13.0 Å². The van der Waals surface area contributed by atoms with Crippen molar-refractivity contribution in [2.45, 2.75) is 51.5 Å². The molecule has 1 saturated carbocycles. The van der Waals surface area contributed by atoms with Gasteiger partial charge in [0.25, 0.3) is 5.91 Å². The number of amidine groups is 1. The van der Waals surface area contributed by atoms with Crippen molar-refractivity contribution in [3.05, 3.63) is 70.9 Å². The van der Waals surface area contributed by atoms with Crippen LogP contribution in [-0.2, 0) is 11.2 Å². The molecule has 34 heavy (non-hydrogen) atoms. The first-order valence-electron chi connectivity index (χ1n) is 11.7. The number of phenolic OH excluding ortho intramolecular Hbond substituents is 1. The molecule has 2 aromatic carbocycles. The topological polar surface area (TPSA) is 62.1 Å². The summed E-state index contributed by atoms with van der Waals surface area (Å²) >= 11 is 1.26. The minimum absolute atomic E-state index is 0.0558. The van der Waals surface area contributed by atoms with E-state index in [1.165, 1.54) is 17.8 Å². The number of carbonyl (C=O) groups excluding carboxylic acids is 1. The van der Waals surface area contributed by atoms with E-state index in [1.54, 1.807) is 41.3 Å². The third-order valence-corrected chi connectivity index (χ3v) is 6.97. The second-order valence-electron chi connectivity index (χ2n) is 8.38. The highest BCUT2D eigenvalue weighted by Gasteiger charge is 2.38. The Morgan fingerprint density at radius 1 is 1.26 bits per heavy atom. The Bertz CT molecular complexity index is 1140. The van der Waals surface area contributed by atoms with Crippen molar-refractivity contribution in [1.29, 1.82) is 0 Å². The predicted molar refractivity (Wildman–Crippen MR) is 136 cm³/mol. The number of benzene rings is 2. The lowest BCUT2D eigenvalue weighted by Crippen LogP contribution is -2.40. The van der Waals surface area contributed by atoms with Crippen LogP contribution < -0.4 is 4.74 Å². The molecule has 178 valence electrons. The molecule has 1 amide bonds.